The van der Waals surface area contributed by atoms with Gasteiger partial charge in [-0.05, 0) is 83.9 Å². The Balaban J connectivity index is 1.23. The van der Waals surface area contributed by atoms with Crippen LogP contribution in [-0.4, -0.2) is 78.3 Å². The average Bonchev–Trinajstić information content (AvgIpc) is 3.35. The fourth-order valence-electron chi connectivity index (χ4n) is 5.19. The van der Waals surface area contributed by atoms with Crippen molar-refractivity contribution in [3.8, 4) is 11.3 Å². The van der Waals surface area contributed by atoms with E-state index in [1.165, 1.54) is 69.1 Å². The molecule has 3 aromatic rings. The van der Waals surface area contributed by atoms with Crippen LogP contribution in [0.2, 0.25) is 0 Å². The third-order valence-corrected chi connectivity index (χ3v) is 8.46. The van der Waals surface area contributed by atoms with Crippen molar-refractivity contribution in [2.45, 2.75) is 38.5 Å². The van der Waals surface area contributed by atoms with Crippen molar-refractivity contribution in [1.29, 1.82) is 0 Å². The first-order chi connectivity index (χ1) is 15.5. The Bertz CT molecular complexity index is 1040. The summed E-state index contributed by atoms with van der Waals surface area (Å²) in [6.45, 7) is 8.38. The first-order valence-electron chi connectivity index (χ1n) is 12.0. The van der Waals surface area contributed by atoms with Crippen molar-refractivity contribution < 1.29 is 0 Å². The lowest BCUT2D eigenvalue weighted by molar-refractivity contribution is 0.139. The SMILES string of the molecule is Cc1c(-c2ccc(N(C)C)cc2)nc2sc(C3CCN(CC4CCN(C)CC4)CC3)nn12. The molecule has 0 spiro atoms. The minimum Gasteiger partial charge on any atom is -0.378 e. The number of piperidine rings is 2. The molecule has 0 unspecified atom stereocenters. The molecule has 0 radical (unpaired) electrons. The summed E-state index contributed by atoms with van der Waals surface area (Å²) in [4.78, 5) is 13.3. The lowest BCUT2D eigenvalue weighted by Gasteiger charge is -2.36. The van der Waals surface area contributed by atoms with Gasteiger partial charge in [0.1, 0.15) is 5.01 Å². The van der Waals surface area contributed by atoms with Gasteiger partial charge in [0, 0.05) is 37.8 Å². The first-order valence-corrected chi connectivity index (χ1v) is 12.8. The zero-order chi connectivity index (χ0) is 22.2. The second-order valence-electron chi connectivity index (χ2n) is 9.94. The van der Waals surface area contributed by atoms with Gasteiger partial charge >= 0.3 is 0 Å². The number of benzene rings is 1. The number of hydrogen-bond donors (Lipinski definition) is 0. The standard InChI is InChI=1S/C25H36N6S/c1-18-23(20-5-7-22(8-6-20)28(2)3)26-25-31(18)27-24(32-25)21-11-15-30(16-12-21)17-19-9-13-29(4)14-10-19/h5-8,19,21H,9-17H2,1-4H3. The Kier molecular flexibility index (Phi) is 6.23. The van der Waals surface area contributed by atoms with Crippen LogP contribution in [0.4, 0.5) is 5.69 Å². The van der Waals surface area contributed by atoms with E-state index >= 15 is 0 Å². The van der Waals surface area contributed by atoms with E-state index in [9.17, 15) is 0 Å². The van der Waals surface area contributed by atoms with Gasteiger partial charge < -0.3 is 14.7 Å². The molecule has 32 heavy (non-hydrogen) atoms. The largest absolute Gasteiger partial charge is 0.378 e. The highest BCUT2D eigenvalue weighted by molar-refractivity contribution is 7.16. The highest BCUT2D eigenvalue weighted by Gasteiger charge is 2.27. The number of fused-ring (bicyclic) bond motifs is 1. The van der Waals surface area contributed by atoms with Crippen LogP contribution in [0.25, 0.3) is 16.2 Å². The predicted octanol–water partition coefficient (Wildman–Crippen LogP) is 4.35. The van der Waals surface area contributed by atoms with E-state index in [0.29, 0.717) is 5.92 Å². The van der Waals surface area contributed by atoms with Crippen LogP contribution in [0.3, 0.4) is 0 Å². The molecular weight excluding hydrogens is 416 g/mol. The Hall–Kier alpha value is -1.96. The van der Waals surface area contributed by atoms with Gasteiger partial charge in [0.2, 0.25) is 4.96 Å². The van der Waals surface area contributed by atoms with E-state index in [1.54, 1.807) is 11.3 Å². The summed E-state index contributed by atoms with van der Waals surface area (Å²) in [6.07, 6.45) is 5.17. The first kappa shape index (κ1) is 21.9. The van der Waals surface area contributed by atoms with Crippen LogP contribution in [-0.2, 0) is 0 Å². The van der Waals surface area contributed by atoms with Crippen molar-refractivity contribution in [2.24, 2.45) is 5.92 Å². The summed E-state index contributed by atoms with van der Waals surface area (Å²) in [5.74, 6) is 1.47. The molecule has 172 valence electrons. The number of imidazole rings is 1. The zero-order valence-corrected chi connectivity index (χ0v) is 20.7. The molecule has 4 heterocycles. The lowest BCUT2D eigenvalue weighted by Crippen LogP contribution is -2.40. The molecule has 2 aliphatic rings. The lowest BCUT2D eigenvalue weighted by atomic mass is 9.93. The van der Waals surface area contributed by atoms with Gasteiger partial charge in [-0.15, -0.1) is 0 Å². The molecular formula is C25H36N6S. The third-order valence-electron chi connectivity index (χ3n) is 7.39. The maximum atomic E-state index is 5.02. The van der Waals surface area contributed by atoms with Crippen LogP contribution in [0.15, 0.2) is 24.3 Å². The van der Waals surface area contributed by atoms with Crippen molar-refractivity contribution in [3.63, 3.8) is 0 Å². The Morgan fingerprint density at radius 2 is 1.69 bits per heavy atom. The molecule has 0 N–H and O–H groups in total. The molecule has 0 bridgehead atoms. The molecule has 0 aliphatic carbocycles. The van der Waals surface area contributed by atoms with Crippen molar-refractivity contribution in [2.75, 3.05) is 58.8 Å². The van der Waals surface area contributed by atoms with Gasteiger partial charge in [-0.3, -0.25) is 0 Å². The van der Waals surface area contributed by atoms with Crippen LogP contribution in [0, 0.1) is 12.8 Å². The van der Waals surface area contributed by atoms with Gasteiger partial charge in [-0.1, -0.05) is 23.5 Å². The second kappa shape index (κ2) is 9.12. The highest BCUT2D eigenvalue weighted by Crippen LogP contribution is 2.34. The maximum absolute atomic E-state index is 5.02. The minimum absolute atomic E-state index is 0.581. The molecule has 2 saturated heterocycles. The molecule has 6 nitrogen and oxygen atoms in total. The maximum Gasteiger partial charge on any atom is 0.212 e. The topological polar surface area (TPSA) is 39.9 Å². The molecule has 2 aliphatic heterocycles. The zero-order valence-electron chi connectivity index (χ0n) is 19.9. The van der Waals surface area contributed by atoms with Gasteiger partial charge in [-0.2, -0.15) is 5.10 Å². The molecule has 0 saturated carbocycles. The summed E-state index contributed by atoms with van der Waals surface area (Å²) in [7, 11) is 6.38. The predicted molar refractivity (Wildman–Crippen MR) is 134 cm³/mol. The van der Waals surface area contributed by atoms with E-state index < -0.39 is 0 Å². The van der Waals surface area contributed by atoms with Gasteiger partial charge in [-0.25, -0.2) is 9.50 Å². The Morgan fingerprint density at radius 1 is 1.00 bits per heavy atom. The van der Waals surface area contributed by atoms with Crippen LogP contribution in [0.5, 0.6) is 0 Å². The number of nitrogens with zero attached hydrogens (tertiary/aromatic N) is 6. The Morgan fingerprint density at radius 3 is 2.31 bits per heavy atom. The van der Waals surface area contributed by atoms with Crippen LogP contribution in [0.1, 0.15) is 42.3 Å². The molecule has 2 aromatic heterocycles. The van der Waals surface area contributed by atoms with E-state index in [4.69, 9.17) is 10.1 Å². The van der Waals surface area contributed by atoms with Crippen molar-refractivity contribution >= 4 is 22.0 Å². The quantitative estimate of drug-likeness (QED) is 0.575. The second-order valence-corrected chi connectivity index (χ2v) is 10.9. The van der Waals surface area contributed by atoms with Crippen LogP contribution >= 0.6 is 11.3 Å². The van der Waals surface area contributed by atoms with Crippen LogP contribution < -0.4 is 4.90 Å². The van der Waals surface area contributed by atoms with E-state index in [1.807, 2.05) is 0 Å². The van der Waals surface area contributed by atoms with Gasteiger partial charge in [0.05, 0.1) is 11.4 Å². The minimum atomic E-state index is 0.581. The number of aromatic nitrogens is 3. The monoisotopic (exact) mass is 452 g/mol. The smallest absolute Gasteiger partial charge is 0.212 e. The number of likely N-dealkylation sites (tertiary alicyclic amines) is 2. The number of anilines is 1. The molecule has 0 amide bonds. The summed E-state index contributed by atoms with van der Waals surface area (Å²) in [5.41, 5.74) is 4.55. The number of rotatable bonds is 5. The Labute approximate surface area is 195 Å². The van der Waals surface area contributed by atoms with Gasteiger partial charge in [0.15, 0.2) is 0 Å². The van der Waals surface area contributed by atoms with E-state index in [2.05, 4.69) is 71.5 Å². The average molecular weight is 453 g/mol. The summed E-state index contributed by atoms with van der Waals surface area (Å²) >= 11 is 1.79. The van der Waals surface area contributed by atoms with E-state index in [0.717, 1.165) is 27.8 Å². The molecule has 5 rings (SSSR count). The summed E-state index contributed by atoms with van der Waals surface area (Å²) in [6, 6.07) is 8.63. The van der Waals surface area contributed by atoms with E-state index in [-0.39, 0.29) is 0 Å². The molecule has 1 aromatic carbocycles. The fourth-order valence-corrected chi connectivity index (χ4v) is 6.31. The molecule has 0 atom stereocenters. The number of aryl methyl sites for hydroxylation is 1. The fraction of sp³-hybridized carbons (Fsp3) is 0.600. The molecule has 7 heteroatoms. The van der Waals surface area contributed by atoms with Gasteiger partial charge in [0.25, 0.3) is 0 Å². The normalized spacial score (nSPS) is 19.8. The van der Waals surface area contributed by atoms with Crippen molar-refractivity contribution in [3.05, 3.63) is 35.0 Å². The highest BCUT2D eigenvalue weighted by atomic mass is 32.1. The third kappa shape index (κ3) is 4.43. The molecule has 2 fully saturated rings. The summed E-state index contributed by atoms with van der Waals surface area (Å²) in [5, 5.41) is 6.28. The summed E-state index contributed by atoms with van der Waals surface area (Å²) < 4.78 is 2.07. The number of hydrogen-bond acceptors (Lipinski definition) is 6. The van der Waals surface area contributed by atoms with Crippen molar-refractivity contribution in [1.82, 2.24) is 24.4 Å².